The normalized spacial score (nSPS) is 10.3. The molecule has 3 nitrogen and oxygen atoms in total. The highest BCUT2D eigenvalue weighted by molar-refractivity contribution is 6.30. The third-order valence-electron chi connectivity index (χ3n) is 2.42. The van der Waals surface area contributed by atoms with Crippen LogP contribution in [0.25, 0.3) is 11.1 Å². The molecule has 2 N–H and O–H groups in total. The van der Waals surface area contributed by atoms with E-state index in [2.05, 4.69) is 0 Å². The fourth-order valence-corrected chi connectivity index (χ4v) is 1.83. The van der Waals surface area contributed by atoms with Gasteiger partial charge in [-0.2, -0.15) is 0 Å². The Hall–Kier alpha value is -2.07. The van der Waals surface area contributed by atoms with Gasteiger partial charge in [-0.3, -0.25) is 0 Å². The van der Waals surface area contributed by atoms with Gasteiger partial charge in [-0.15, -0.1) is 0 Å². The van der Waals surface area contributed by atoms with Crippen molar-refractivity contribution in [3.63, 3.8) is 0 Å². The van der Waals surface area contributed by atoms with Gasteiger partial charge in [0, 0.05) is 5.02 Å². The van der Waals surface area contributed by atoms with E-state index in [9.17, 15) is 14.3 Å². The molecule has 2 aromatic carbocycles. The SMILES string of the molecule is O=C(O)c1ccc(-c2cc(F)cc(Cl)c2)cc1O. The lowest BCUT2D eigenvalue weighted by Gasteiger charge is -2.05. The van der Waals surface area contributed by atoms with E-state index in [1.165, 1.54) is 30.3 Å². The maximum atomic E-state index is 13.2. The molecule has 0 bridgehead atoms. The van der Waals surface area contributed by atoms with Crippen LogP contribution in [-0.4, -0.2) is 16.2 Å². The molecule has 92 valence electrons. The topological polar surface area (TPSA) is 57.5 Å². The van der Waals surface area contributed by atoms with E-state index in [1.54, 1.807) is 0 Å². The van der Waals surface area contributed by atoms with E-state index in [0.29, 0.717) is 11.1 Å². The predicted octanol–water partition coefficient (Wildman–Crippen LogP) is 3.55. The first-order chi connectivity index (χ1) is 8.47. The lowest BCUT2D eigenvalue weighted by Crippen LogP contribution is -1.96. The van der Waals surface area contributed by atoms with Crippen LogP contribution < -0.4 is 0 Å². The number of rotatable bonds is 2. The average Bonchev–Trinajstić information content (AvgIpc) is 2.26. The first kappa shape index (κ1) is 12.4. The molecule has 0 amide bonds. The quantitative estimate of drug-likeness (QED) is 0.874. The molecule has 0 aliphatic heterocycles. The van der Waals surface area contributed by atoms with Gasteiger partial charge in [0.25, 0.3) is 0 Å². The van der Waals surface area contributed by atoms with E-state index >= 15 is 0 Å². The zero-order valence-corrected chi connectivity index (χ0v) is 9.78. The van der Waals surface area contributed by atoms with Crippen LogP contribution >= 0.6 is 11.6 Å². The number of carboxylic acid groups (broad SMARTS) is 1. The summed E-state index contributed by atoms with van der Waals surface area (Å²) in [5.41, 5.74) is 0.743. The summed E-state index contributed by atoms with van der Waals surface area (Å²) >= 11 is 5.72. The molecular formula is C13H8ClFO3. The Morgan fingerprint density at radius 1 is 1.11 bits per heavy atom. The lowest BCUT2D eigenvalue weighted by molar-refractivity contribution is 0.0694. The zero-order valence-electron chi connectivity index (χ0n) is 9.02. The highest BCUT2D eigenvalue weighted by Crippen LogP contribution is 2.29. The minimum Gasteiger partial charge on any atom is -0.507 e. The number of hydrogen-bond acceptors (Lipinski definition) is 2. The molecule has 0 fully saturated rings. The van der Waals surface area contributed by atoms with Gasteiger partial charge in [0.2, 0.25) is 0 Å². The Balaban J connectivity index is 2.52. The highest BCUT2D eigenvalue weighted by Gasteiger charge is 2.11. The molecule has 0 spiro atoms. The lowest BCUT2D eigenvalue weighted by atomic mass is 10.0. The van der Waals surface area contributed by atoms with E-state index in [1.807, 2.05) is 0 Å². The molecule has 0 heterocycles. The van der Waals surface area contributed by atoms with Crippen LogP contribution in [0.5, 0.6) is 5.75 Å². The van der Waals surface area contributed by atoms with Gasteiger partial charge in [0.15, 0.2) is 0 Å². The minimum absolute atomic E-state index is 0.207. The fourth-order valence-electron chi connectivity index (χ4n) is 1.61. The van der Waals surface area contributed by atoms with Crippen molar-refractivity contribution in [2.45, 2.75) is 0 Å². The van der Waals surface area contributed by atoms with Gasteiger partial charge in [-0.05, 0) is 41.5 Å². The Kier molecular flexibility index (Phi) is 3.21. The fraction of sp³-hybridized carbons (Fsp3) is 0. The second-order valence-corrected chi connectivity index (χ2v) is 4.13. The second-order valence-electron chi connectivity index (χ2n) is 3.70. The smallest absolute Gasteiger partial charge is 0.339 e. The molecule has 2 aromatic rings. The molecule has 0 aromatic heterocycles. The van der Waals surface area contributed by atoms with Crippen LogP contribution in [-0.2, 0) is 0 Å². The number of carboxylic acids is 1. The molecule has 0 radical (unpaired) electrons. The van der Waals surface area contributed by atoms with Crippen molar-refractivity contribution < 1.29 is 19.4 Å². The standard InChI is InChI=1S/C13H8ClFO3/c14-9-3-8(4-10(15)6-9)7-1-2-11(13(17)18)12(16)5-7/h1-6,16H,(H,17,18). The van der Waals surface area contributed by atoms with Gasteiger partial charge in [0.1, 0.15) is 17.1 Å². The van der Waals surface area contributed by atoms with Crippen LogP contribution in [0.15, 0.2) is 36.4 Å². The van der Waals surface area contributed by atoms with Crippen LogP contribution in [0.3, 0.4) is 0 Å². The average molecular weight is 267 g/mol. The van der Waals surface area contributed by atoms with Crippen LogP contribution in [0, 0.1) is 5.82 Å². The summed E-state index contributed by atoms with van der Waals surface area (Å²) in [5.74, 6) is -2.10. The van der Waals surface area contributed by atoms with Crippen molar-refractivity contribution in [1.29, 1.82) is 0 Å². The second kappa shape index (κ2) is 4.66. The molecule has 0 saturated heterocycles. The third-order valence-corrected chi connectivity index (χ3v) is 2.64. The molecule has 0 aliphatic carbocycles. The highest BCUT2D eigenvalue weighted by atomic mass is 35.5. The van der Waals surface area contributed by atoms with E-state index in [-0.39, 0.29) is 16.3 Å². The molecule has 18 heavy (non-hydrogen) atoms. The Morgan fingerprint density at radius 2 is 1.83 bits per heavy atom. The summed E-state index contributed by atoms with van der Waals surface area (Å²) in [6, 6.07) is 7.94. The molecule has 0 atom stereocenters. The van der Waals surface area contributed by atoms with Gasteiger partial charge in [-0.25, -0.2) is 9.18 Å². The summed E-state index contributed by atoms with van der Waals surface area (Å²) in [5, 5.41) is 18.6. The van der Waals surface area contributed by atoms with Crippen molar-refractivity contribution in [3.05, 3.63) is 52.8 Å². The number of aromatic hydroxyl groups is 1. The molecular weight excluding hydrogens is 259 g/mol. The predicted molar refractivity (Wildman–Crippen MR) is 65.5 cm³/mol. The number of phenols is 1. The van der Waals surface area contributed by atoms with Gasteiger partial charge < -0.3 is 10.2 Å². The Bertz CT molecular complexity index is 605. The minimum atomic E-state index is -1.23. The van der Waals surface area contributed by atoms with Crippen molar-refractivity contribution in [1.82, 2.24) is 0 Å². The van der Waals surface area contributed by atoms with Crippen molar-refractivity contribution in [2.24, 2.45) is 0 Å². The summed E-state index contributed by atoms with van der Waals surface area (Å²) in [7, 11) is 0. The van der Waals surface area contributed by atoms with Gasteiger partial charge in [0.05, 0.1) is 0 Å². The Labute approximate surface area is 107 Å². The third kappa shape index (κ3) is 2.43. The van der Waals surface area contributed by atoms with Crippen molar-refractivity contribution in [3.8, 4) is 16.9 Å². The first-order valence-electron chi connectivity index (χ1n) is 5.00. The first-order valence-corrected chi connectivity index (χ1v) is 5.38. The van der Waals surface area contributed by atoms with Crippen molar-refractivity contribution in [2.75, 3.05) is 0 Å². The molecule has 0 unspecified atom stereocenters. The maximum Gasteiger partial charge on any atom is 0.339 e. The molecule has 5 heteroatoms. The number of halogens is 2. The van der Waals surface area contributed by atoms with Gasteiger partial charge in [-0.1, -0.05) is 17.7 Å². The maximum absolute atomic E-state index is 13.2. The van der Waals surface area contributed by atoms with E-state index in [4.69, 9.17) is 16.7 Å². The van der Waals surface area contributed by atoms with Crippen molar-refractivity contribution >= 4 is 17.6 Å². The number of hydrogen-bond donors (Lipinski definition) is 2. The summed E-state index contributed by atoms with van der Waals surface area (Å²) in [6.07, 6.45) is 0. The Morgan fingerprint density at radius 3 is 2.39 bits per heavy atom. The molecule has 0 saturated carbocycles. The zero-order chi connectivity index (χ0) is 13.3. The summed E-state index contributed by atoms with van der Waals surface area (Å²) in [6.45, 7) is 0. The van der Waals surface area contributed by atoms with Crippen LogP contribution in [0.1, 0.15) is 10.4 Å². The van der Waals surface area contributed by atoms with Gasteiger partial charge >= 0.3 is 5.97 Å². The van der Waals surface area contributed by atoms with E-state index < -0.39 is 11.8 Å². The monoisotopic (exact) mass is 266 g/mol. The van der Waals surface area contributed by atoms with Crippen LogP contribution in [0.2, 0.25) is 5.02 Å². The molecule has 2 rings (SSSR count). The largest absolute Gasteiger partial charge is 0.507 e. The number of aromatic carboxylic acids is 1. The van der Waals surface area contributed by atoms with E-state index in [0.717, 1.165) is 6.07 Å². The van der Waals surface area contributed by atoms with Crippen LogP contribution in [0.4, 0.5) is 4.39 Å². The number of carbonyl (C=O) groups is 1. The molecule has 0 aliphatic rings. The summed E-state index contributed by atoms with van der Waals surface area (Å²) in [4.78, 5) is 10.7. The number of benzene rings is 2. The summed E-state index contributed by atoms with van der Waals surface area (Å²) < 4.78 is 13.2.